The zero-order valence-electron chi connectivity index (χ0n) is 29.3. The van der Waals surface area contributed by atoms with Crippen molar-refractivity contribution >= 4 is 5.91 Å². The van der Waals surface area contributed by atoms with E-state index >= 15 is 0 Å². The molecule has 0 bridgehead atoms. The van der Waals surface area contributed by atoms with Crippen LogP contribution in [0.4, 0.5) is 0 Å². The van der Waals surface area contributed by atoms with Crippen LogP contribution in [0.5, 0.6) is 0 Å². The number of unbranched alkanes of at least 4 members (excludes halogenated alkanes) is 24. The number of aliphatic hydroxyl groups excluding tert-OH is 3. The third-order valence-corrected chi connectivity index (χ3v) is 8.79. The first-order chi connectivity index (χ1) is 21.6. The van der Waals surface area contributed by atoms with E-state index in [1.165, 1.54) is 135 Å². The second-order valence-electron chi connectivity index (χ2n) is 13.1. The Kier molecular flexibility index (Phi) is 33.8. The smallest absolute Gasteiger partial charge is 0.249 e. The van der Waals surface area contributed by atoms with Gasteiger partial charge in [-0.2, -0.15) is 0 Å². The highest BCUT2D eigenvalue weighted by Crippen LogP contribution is 2.14. The fourth-order valence-corrected chi connectivity index (χ4v) is 5.73. The number of aliphatic hydroxyl groups is 3. The number of nitrogens with one attached hydrogen (secondary N) is 1. The molecule has 0 aliphatic carbocycles. The van der Waals surface area contributed by atoms with Gasteiger partial charge in [0, 0.05) is 0 Å². The largest absolute Gasteiger partial charge is 0.394 e. The van der Waals surface area contributed by atoms with Crippen LogP contribution < -0.4 is 5.32 Å². The quantitative estimate of drug-likeness (QED) is 0.0425. The van der Waals surface area contributed by atoms with E-state index in [-0.39, 0.29) is 6.61 Å². The van der Waals surface area contributed by atoms with Crippen LogP contribution in [-0.2, 0) is 4.79 Å². The summed E-state index contributed by atoms with van der Waals surface area (Å²) >= 11 is 0. The highest BCUT2D eigenvalue weighted by molar-refractivity contribution is 5.80. The fourth-order valence-electron chi connectivity index (χ4n) is 5.73. The number of hydrogen-bond acceptors (Lipinski definition) is 4. The Morgan fingerprint density at radius 2 is 0.932 bits per heavy atom. The summed E-state index contributed by atoms with van der Waals surface area (Å²) in [5, 5.41) is 32.9. The summed E-state index contributed by atoms with van der Waals surface area (Å²) in [5.74, 6) is -0.513. The molecule has 0 spiro atoms. The highest BCUT2D eigenvalue weighted by Gasteiger charge is 2.22. The zero-order chi connectivity index (χ0) is 32.4. The summed E-state index contributed by atoms with van der Waals surface area (Å²) in [6.45, 7) is 4.15. The average molecular weight is 622 g/mol. The van der Waals surface area contributed by atoms with Crippen molar-refractivity contribution < 1.29 is 20.1 Å². The topological polar surface area (TPSA) is 89.8 Å². The molecule has 3 unspecified atom stereocenters. The molecule has 0 aliphatic rings. The van der Waals surface area contributed by atoms with Crippen molar-refractivity contribution in [2.45, 2.75) is 212 Å². The van der Waals surface area contributed by atoms with E-state index in [1.807, 2.05) is 6.08 Å². The molecule has 0 rings (SSSR count). The number of carbonyl (C=O) groups excluding carboxylic acids is 1. The van der Waals surface area contributed by atoms with Crippen LogP contribution in [0.25, 0.3) is 0 Å². The standard InChI is InChI=1S/C39H75NO4/c1-3-5-7-9-11-13-15-17-18-19-20-22-23-25-27-29-31-33-37(42)36(35-41)40-39(44)38(43)34-32-30-28-26-24-21-16-14-12-10-8-6-4-2/h23,25,31,33,36-38,41-43H,3-22,24,26-30,32,34-35H2,1-2H3,(H,40,44)/b25-23+,33-31+. The minimum absolute atomic E-state index is 0.373. The first-order valence-electron chi connectivity index (χ1n) is 19.2. The van der Waals surface area contributed by atoms with Gasteiger partial charge in [-0.05, 0) is 32.1 Å². The molecule has 1 amide bonds. The van der Waals surface area contributed by atoms with Crippen LogP contribution in [0.3, 0.4) is 0 Å². The van der Waals surface area contributed by atoms with E-state index < -0.39 is 24.2 Å². The summed E-state index contributed by atoms with van der Waals surface area (Å²) in [7, 11) is 0. The minimum Gasteiger partial charge on any atom is -0.394 e. The maximum atomic E-state index is 12.4. The Morgan fingerprint density at radius 1 is 0.545 bits per heavy atom. The molecular weight excluding hydrogens is 546 g/mol. The van der Waals surface area contributed by atoms with Gasteiger partial charge in [-0.15, -0.1) is 0 Å². The van der Waals surface area contributed by atoms with Crippen LogP contribution in [0.15, 0.2) is 24.3 Å². The molecule has 0 saturated heterocycles. The van der Waals surface area contributed by atoms with Crippen LogP contribution in [0.2, 0.25) is 0 Å². The van der Waals surface area contributed by atoms with E-state index in [0.29, 0.717) is 6.42 Å². The van der Waals surface area contributed by atoms with E-state index in [4.69, 9.17) is 0 Å². The maximum absolute atomic E-state index is 12.4. The van der Waals surface area contributed by atoms with Gasteiger partial charge in [-0.1, -0.05) is 186 Å². The van der Waals surface area contributed by atoms with E-state index in [0.717, 1.165) is 38.5 Å². The van der Waals surface area contributed by atoms with Crippen LogP contribution >= 0.6 is 0 Å². The van der Waals surface area contributed by atoms with Crippen LogP contribution in [0.1, 0.15) is 194 Å². The lowest BCUT2D eigenvalue weighted by Crippen LogP contribution is -2.48. The molecular formula is C39H75NO4. The van der Waals surface area contributed by atoms with Gasteiger partial charge in [0.25, 0.3) is 0 Å². The molecule has 0 radical (unpaired) electrons. The first kappa shape index (κ1) is 42.8. The first-order valence-corrected chi connectivity index (χ1v) is 19.2. The summed E-state index contributed by atoms with van der Waals surface area (Å²) in [6, 6.07) is -0.809. The molecule has 0 aromatic heterocycles. The van der Waals surface area contributed by atoms with Gasteiger partial charge >= 0.3 is 0 Å². The van der Waals surface area contributed by atoms with Crippen molar-refractivity contribution in [3.8, 4) is 0 Å². The number of rotatable bonds is 34. The van der Waals surface area contributed by atoms with Crippen molar-refractivity contribution in [3.05, 3.63) is 24.3 Å². The van der Waals surface area contributed by atoms with Gasteiger partial charge in [-0.25, -0.2) is 0 Å². The molecule has 5 nitrogen and oxygen atoms in total. The molecule has 5 heteroatoms. The van der Waals surface area contributed by atoms with Gasteiger partial charge in [0.2, 0.25) is 5.91 Å². The third kappa shape index (κ3) is 29.5. The van der Waals surface area contributed by atoms with Crippen LogP contribution in [-0.4, -0.2) is 46.1 Å². The molecule has 0 aliphatic heterocycles. The number of hydrogen-bond donors (Lipinski definition) is 4. The SMILES string of the molecule is CCCCCCCCCCCCC/C=C/CC/C=C/C(O)C(CO)NC(=O)C(O)CCCCCCCCCCCCCCC. The minimum atomic E-state index is -1.10. The Morgan fingerprint density at radius 3 is 1.39 bits per heavy atom. The second-order valence-corrected chi connectivity index (χ2v) is 13.1. The lowest BCUT2D eigenvalue weighted by Gasteiger charge is -2.21. The molecule has 3 atom stereocenters. The number of carbonyl (C=O) groups is 1. The predicted octanol–water partition coefficient (Wildman–Crippen LogP) is 10.3. The summed E-state index contributed by atoms with van der Waals surface area (Å²) in [5.41, 5.74) is 0. The average Bonchev–Trinajstić information content (AvgIpc) is 3.03. The molecule has 0 heterocycles. The number of allylic oxidation sites excluding steroid dienone is 3. The molecule has 44 heavy (non-hydrogen) atoms. The Balaban J connectivity index is 3.77. The molecule has 0 saturated carbocycles. The van der Waals surface area contributed by atoms with Crippen molar-refractivity contribution in [1.82, 2.24) is 5.32 Å². The summed E-state index contributed by atoms with van der Waals surface area (Å²) in [4.78, 5) is 12.4. The van der Waals surface area contributed by atoms with Crippen molar-refractivity contribution in [1.29, 1.82) is 0 Å². The molecule has 4 N–H and O–H groups in total. The van der Waals surface area contributed by atoms with Crippen molar-refractivity contribution in [2.75, 3.05) is 6.61 Å². The fraction of sp³-hybridized carbons (Fsp3) is 0.872. The Bertz CT molecular complexity index is 650. The predicted molar refractivity (Wildman–Crippen MR) is 190 cm³/mol. The van der Waals surface area contributed by atoms with E-state index in [1.54, 1.807) is 6.08 Å². The van der Waals surface area contributed by atoms with Gasteiger partial charge < -0.3 is 20.6 Å². The second kappa shape index (κ2) is 34.7. The summed E-state index contributed by atoms with van der Waals surface area (Å²) in [6.07, 6.45) is 40.5. The monoisotopic (exact) mass is 622 g/mol. The van der Waals surface area contributed by atoms with E-state index in [9.17, 15) is 20.1 Å². The molecule has 0 aromatic rings. The molecule has 0 fully saturated rings. The van der Waals surface area contributed by atoms with Gasteiger partial charge in [-0.3, -0.25) is 4.79 Å². The van der Waals surface area contributed by atoms with Crippen molar-refractivity contribution in [3.63, 3.8) is 0 Å². The molecule has 260 valence electrons. The Hall–Kier alpha value is -1.17. The van der Waals surface area contributed by atoms with Crippen LogP contribution in [0, 0.1) is 0 Å². The molecule has 0 aromatic carbocycles. The number of amides is 1. The Labute approximate surface area is 273 Å². The van der Waals surface area contributed by atoms with E-state index in [2.05, 4.69) is 31.3 Å². The van der Waals surface area contributed by atoms with Gasteiger partial charge in [0.05, 0.1) is 18.8 Å². The van der Waals surface area contributed by atoms with Crippen molar-refractivity contribution in [2.24, 2.45) is 0 Å². The van der Waals surface area contributed by atoms with Gasteiger partial charge in [0.15, 0.2) is 0 Å². The lowest BCUT2D eigenvalue weighted by molar-refractivity contribution is -0.131. The highest BCUT2D eigenvalue weighted by atomic mass is 16.3. The third-order valence-electron chi connectivity index (χ3n) is 8.79. The summed E-state index contributed by atoms with van der Waals surface area (Å²) < 4.78 is 0. The zero-order valence-corrected chi connectivity index (χ0v) is 29.3. The maximum Gasteiger partial charge on any atom is 0.249 e. The van der Waals surface area contributed by atoms with Gasteiger partial charge in [0.1, 0.15) is 6.10 Å². The lowest BCUT2D eigenvalue weighted by atomic mass is 10.0. The normalized spacial score (nSPS) is 14.0.